The highest BCUT2D eigenvalue weighted by Crippen LogP contribution is 2.16. The molecule has 1 aromatic rings. The molecule has 0 radical (unpaired) electrons. The molecule has 106 valence electrons. The first kappa shape index (κ1) is 15.3. The van der Waals surface area contributed by atoms with Gasteiger partial charge in [0.1, 0.15) is 5.76 Å². The minimum absolute atomic E-state index is 0.0379. The highest BCUT2D eigenvalue weighted by Gasteiger charge is 2.26. The summed E-state index contributed by atoms with van der Waals surface area (Å²) in [4.78, 5) is 24.4. The summed E-state index contributed by atoms with van der Waals surface area (Å²) in [5.74, 6) is -0.182. The third kappa shape index (κ3) is 5.16. The highest BCUT2D eigenvalue weighted by atomic mass is 16.4. The molecular formula is C14H21NO4. The molecule has 5 heteroatoms. The molecule has 1 amide bonds. The van der Waals surface area contributed by atoms with Gasteiger partial charge in [-0.1, -0.05) is 0 Å². The standard InChI is InChI=1S/C14H21NO4/c1-14(2,3)15(9-8-13(17)18)12(16)7-6-11-5-4-10-19-11/h4-5,10H,6-9H2,1-3H3,(H,17,18). The van der Waals surface area contributed by atoms with E-state index in [9.17, 15) is 9.59 Å². The first-order valence-electron chi connectivity index (χ1n) is 6.35. The molecule has 0 spiro atoms. The molecule has 0 atom stereocenters. The molecule has 0 saturated carbocycles. The molecule has 0 aliphatic carbocycles. The van der Waals surface area contributed by atoms with E-state index in [0.29, 0.717) is 12.8 Å². The van der Waals surface area contributed by atoms with Crippen LogP contribution in [0.15, 0.2) is 22.8 Å². The molecule has 1 heterocycles. The normalized spacial score (nSPS) is 11.3. The lowest BCUT2D eigenvalue weighted by molar-refractivity contribution is -0.140. The van der Waals surface area contributed by atoms with Crippen molar-refractivity contribution in [1.82, 2.24) is 4.90 Å². The van der Waals surface area contributed by atoms with E-state index in [2.05, 4.69) is 0 Å². The monoisotopic (exact) mass is 267 g/mol. The number of carbonyl (C=O) groups is 2. The number of carboxylic acid groups (broad SMARTS) is 1. The van der Waals surface area contributed by atoms with Gasteiger partial charge in [0.15, 0.2) is 0 Å². The molecule has 0 bridgehead atoms. The van der Waals surface area contributed by atoms with E-state index in [-0.39, 0.29) is 24.4 Å². The van der Waals surface area contributed by atoms with Crippen molar-refractivity contribution in [2.45, 2.75) is 45.6 Å². The number of furan rings is 1. The van der Waals surface area contributed by atoms with Crippen molar-refractivity contribution in [2.75, 3.05) is 6.54 Å². The van der Waals surface area contributed by atoms with Crippen LogP contribution in [0.1, 0.15) is 39.4 Å². The van der Waals surface area contributed by atoms with E-state index in [4.69, 9.17) is 9.52 Å². The molecule has 0 aromatic carbocycles. The quantitative estimate of drug-likeness (QED) is 0.858. The van der Waals surface area contributed by atoms with Gasteiger partial charge in [0, 0.05) is 24.9 Å². The summed E-state index contributed by atoms with van der Waals surface area (Å²) in [5, 5.41) is 8.74. The first-order chi connectivity index (χ1) is 8.80. The number of carboxylic acids is 1. The molecular weight excluding hydrogens is 246 g/mol. The van der Waals surface area contributed by atoms with Crippen molar-refractivity contribution >= 4 is 11.9 Å². The summed E-state index contributed by atoms with van der Waals surface area (Å²) in [6.45, 7) is 5.94. The Labute approximate surface area is 113 Å². The number of rotatable bonds is 6. The predicted octanol–water partition coefficient (Wildman–Crippen LogP) is 2.31. The molecule has 0 unspecified atom stereocenters. The number of carbonyl (C=O) groups excluding carboxylic acids is 1. The summed E-state index contributed by atoms with van der Waals surface area (Å²) >= 11 is 0. The maximum absolute atomic E-state index is 12.2. The lowest BCUT2D eigenvalue weighted by Gasteiger charge is -2.35. The van der Waals surface area contributed by atoms with Crippen molar-refractivity contribution in [2.24, 2.45) is 0 Å². The van der Waals surface area contributed by atoms with E-state index in [1.54, 1.807) is 17.2 Å². The van der Waals surface area contributed by atoms with Gasteiger partial charge in [0.25, 0.3) is 0 Å². The van der Waals surface area contributed by atoms with Crippen molar-refractivity contribution in [3.05, 3.63) is 24.2 Å². The number of amides is 1. The molecule has 1 rings (SSSR count). The molecule has 0 aliphatic rings. The third-order valence-corrected chi connectivity index (χ3v) is 2.83. The molecule has 5 nitrogen and oxygen atoms in total. The van der Waals surface area contributed by atoms with Crippen LogP contribution in [0.4, 0.5) is 0 Å². The molecule has 1 aromatic heterocycles. The Morgan fingerprint density at radius 2 is 2.00 bits per heavy atom. The van der Waals surface area contributed by atoms with Crippen molar-refractivity contribution in [3.8, 4) is 0 Å². The number of hydrogen-bond acceptors (Lipinski definition) is 3. The molecule has 19 heavy (non-hydrogen) atoms. The van der Waals surface area contributed by atoms with Crippen LogP contribution >= 0.6 is 0 Å². The summed E-state index contributed by atoms with van der Waals surface area (Å²) in [5.41, 5.74) is -0.379. The van der Waals surface area contributed by atoms with Gasteiger partial charge in [-0.3, -0.25) is 9.59 Å². The summed E-state index contributed by atoms with van der Waals surface area (Å²) in [6.07, 6.45) is 2.39. The maximum Gasteiger partial charge on any atom is 0.305 e. The first-order valence-corrected chi connectivity index (χ1v) is 6.35. The molecule has 0 fully saturated rings. The zero-order valence-electron chi connectivity index (χ0n) is 11.7. The fourth-order valence-corrected chi connectivity index (χ4v) is 1.86. The van der Waals surface area contributed by atoms with Gasteiger partial charge in [0.05, 0.1) is 12.7 Å². The van der Waals surface area contributed by atoms with E-state index in [0.717, 1.165) is 5.76 Å². The number of aliphatic carboxylic acids is 1. The van der Waals surface area contributed by atoms with Gasteiger partial charge >= 0.3 is 5.97 Å². The van der Waals surface area contributed by atoms with Crippen LogP contribution in [0.5, 0.6) is 0 Å². The fraction of sp³-hybridized carbons (Fsp3) is 0.571. The second-order valence-corrected chi connectivity index (χ2v) is 5.44. The summed E-state index contributed by atoms with van der Waals surface area (Å²) in [7, 11) is 0. The number of hydrogen-bond donors (Lipinski definition) is 1. The van der Waals surface area contributed by atoms with Crippen molar-refractivity contribution in [1.29, 1.82) is 0 Å². The van der Waals surface area contributed by atoms with Crippen molar-refractivity contribution < 1.29 is 19.1 Å². The maximum atomic E-state index is 12.2. The summed E-state index contributed by atoms with van der Waals surface area (Å²) < 4.78 is 5.18. The van der Waals surface area contributed by atoms with Crippen molar-refractivity contribution in [3.63, 3.8) is 0 Å². The number of nitrogens with zero attached hydrogens (tertiary/aromatic N) is 1. The van der Waals surface area contributed by atoms with E-state index >= 15 is 0 Å². The Kier molecular flexibility index (Phi) is 5.15. The number of aryl methyl sites for hydroxylation is 1. The van der Waals surface area contributed by atoms with Gasteiger partial charge in [-0.2, -0.15) is 0 Å². The van der Waals surface area contributed by atoms with E-state index in [1.165, 1.54) is 0 Å². The molecule has 1 N–H and O–H groups in total. The fourth-order valence-electron chi connectivity index (χ4n) is 1.86. The topological polar surface area (TPSA) is 70.8 Å². The third-order valence-electron chi connectivity index (χ3n) is 2.83. The highest BCUT2D eigenvalue weighted by molar-refractivity contribution is 5.78. The lowest BCUT2D eigenvalue weighted by atomic mass is 10.0. The largest absolute Gasteiger partial charge is 0.481 e. The minimum Gasteiger partial charge on any atom is -0.481 e. The molecule has 0 saturated heterocycles. The Balaban J connectivity index is 2.58. The Morgan fingerprint density at radius 1 is 1.32 bits per heavy atom. The zero-order chi connectivity index (χ0) is 14.5. The SMILES string of the molecule is CC(C)(C)N(CCC(=O)O)C(=O)CCc1ccco1. The van der Waals surface area contributed by atoms with Crippen LogP contribution in [0.25, 0.3) is 0 Å². The van der Waals surface area contributed by atoms with Gasteiger partial charge in [-0.15, -0.1) is 0 Å². The Bertz CT molecular complexity index is 417. The minimum atomic E-state index is -0.895. The van der Waals surface area contributed by atoms with Crippen LogP contribution in [0.3, 0.4) is 0 Å². The van der Waals surface area contributed by atoms with E-state index in [1.807, 2.05) is 26.8 Å². The Hall–Kier alpha value is -1.78. The second-order valence-electron chi connectivity index (χ2n) is 5.44. The van der Waals surface area contributed by atoms with Crippen LogP contribution in [0.2, 0.25) is 0 Å². The van der Waals surface area contributed by atoms with Crippen LogP contribution in [-0.4, -0.2) is 34.0 Å². The van der Waals surface area contributed by atoms with Gasteiger partial charge in [-0.05, 0) is 32.9 Å². The van der Waals surface area contributed by atoms with Crippen LogP contribution in [-0.2, 0) is 16.0 Å². The summed E-state index contributed by atoms with van der Waals surface area (Å²) in [6, 6.07) is 3.61. The van der Waals surface area contributed by atoms with Crippen LogP contribution in [0, 0.1) is 0 Å². The Morgan fingerprint density at radius 3 is 2.47 bits per heavy atom. The van der Waals surface area contributed by atoms with E-state index < -0.39 is 5.97 Å². The zero-order valence-corrected chi connectivity index (χ0v) is 11.7. The average Bonchev–Trinajstić information content (AvgIpc) is 2.76. The van der Waals surface area contributed by atoms with Gasteiger partial charge < -0.3 is 14.4 Å². The molecule has 0 aliphatic heterocycles. The lowest BCUT2D eigenvalue weighted by Crippen LogP contribution is -2.46. The second kappa shape index (κ2) is 6.41. The van der Waals surface area contributed by atoms with Gasteiger partial charge in [-0.25, -0.2) is 0 Å². The smallest absolute Gasteiger partial charge is 0.305 e. The average molecular weight is 267 g/mol. The van der Waals surface area contributed by atoms with Gasteiger partial charge in [0.2, 0.25) is 5.91 Å². The predicted molar refractivity (Wildman–Crippen MR) is 70.7 cm³/mol. The van der Waals surface area contributed by atoms with Crippen LogP contribution < -0.4 is 0 Å².